The standard InChI is InChI=1S/C13H17N3O4/c1-9(18)14-11-4-5-15(7-11)12-3-2-10(8-17)6-13(12)16(19)20/h2-3,6,11,17H,4-5,7-8H2,1H3,(H,14,18). The van der Waals surface area contributed by atoms with Crippen LogP contribution in [0.5, 0.6) is 0 Å². The minimum Gasteiger partial charge on any atom is -0.392 e. The first-order valence-corrected chi connectivity index (χ1v) is 6.41. The van der Waals surface area contributed by atoms with E-state index in [1.807, 2.05) is 4.90 Å². The highest BCUT2D eigenvalue weighted by molar-refractivity contribution is 5.73. The molecule has 0 saturated carbocycles. The van der Waals surface area contributed by atoms with Gasteiger partial charge in [-0.15, -0.1) is 0 Å². The van der Waals surface area contributed by atoms with Crippen LogP contribution in [-0.2, 0) is 11.4 Å². The number of nitro benzene ring substituents is 1. The fraction of sp³-hybridized carbons (Fsp3) is 0.462. The van der Waals surface area contributed by atoms with Crippen molar-refractivity contribution in [1.29, 1.82) is 0 Å². The minimum atomic E-state index is -0.444. The van der Waals surface area contributed by atoms with Gasteiger partial charge in [0.25, 0.3) is 5.69 Å². The smallest absolute Gasteiger partial charge is 0.292 e. The Morgan fingerprint density at radius 2 is 2.35 bits per heavy atom. The fourth-order valence-electron chi connectivity index (χ4n) is 2.47. The van der Waals surface area contributed by atoms with Gasteiger partial charge in [0.15, 0.2) is 0 Å². The Morgan fingerprint density at radius 3 is 2.95 bits per heavy atom. The maximum atomic E-state index is 11.1. The van der Waals surface area contributed by atoms with E-state index in [0.29, 0.717) is 24.3 Å². The molecule has 0 aliphatic carbocycles. The maximum absolute atomic E-state index is 11.1. The van der Waals surface area contributed by atoms with E-state index >= 15 is 0 Å². The Labute approximate surface area is 116 Å². The second-order valence-corrected chi connectivity index (χ2v) is 4.87. The molecule has 1 unspecified atom stereocenters. The number of aliphatic hydroxyl groups is 1. The molecular weight excluding hydrogens is 262 g/mol. The van der Waals surface area contributed by atoms with Crippen LogP contribution in [0.3, 0.4) is 0 Å². The summed E-state index contributed by atoms with van der Waals surface area (Å²) in [5.41, 5.74) is 1.03. The first kappa shape index (κ1) is 14.3. The lowest BCUT2D eigenvalue weighted by Gasteiger charge is -2.19. The molecule has 2 N–H and O–H groups in total. The molecule has 20 heavy (non-hydrogen) atoms. The molecule has 1 atom stereocenters. The van der Waals surface area contributed by atoms with Gasteiger partial charge >= 0.3 is 0 Å². The molecule has 0 bridgehead atoms. The van der Waals surface area contributed by atoms with E-state index in [1.165, 1.54) is 13.0 Å². The molecule has 108 valence electrons. The quantitative estimate of drug-likeness (QED) is 0.628. The summed E-state index contributed by atoms with van der Waals surface area (Å²) in [6.07, 6.45) is 0.762. The predicted octanol–water partition coefficient (Wildman–Crippen LogP) is 0.802. The number of amides is 1. The number of aliphatic hydroxyl groups excluding tert-OH is 1. The van der Waals surface area contributed by atoms with Crippen LogP contribution in [0.1, 0.15) is 18.9 Å². The summed E-state index contributed by atoms with van der Waals surface area (Å²) in [7, 11) is 0. The first-order valence-electron chi connectivity index (χ1n) is 6.41. The van der Waals surface area contributed by atoms with Gasteiger partial charge < -0.3 is 15.3 Å². The zero-order valence-corrected chi connectivity index (χ0v) is 11.2. The highest BCUT2D eigenvalue weighted by atomic mass is 16.6. The predicted molar refractivity (Wildman–Crippen MR) is 73.5 cm³/mol. The zero-order chi connectivity index (χ0) is 14.7. The van der Waals surface area contributed by atoms with Gasteiger partial charge in [0.2, 0.25) is 5.91 Å². The van der Waals surface area contributed by atoms with Crippen LogP contribution in [0.25, 0.3) is 0 Å². The van der Waals surface area contributed by atoms with Crippen LogP contribution in [0.15, 0.2) is 18.2 Å². The SMILES string of the molecule is CC(=O)NC1CCN(c2ccc(CO)cc2[N+](=O)[O-])C1. The van der Waals surface area contributed by atoms with Crippen LogP contribution >= 0.6 is 0 Å². The van der Waals surface area contributed by atoms with Gasteiger partial charge in [0.1, 0.15) is 5.69 Å². The number of nitro groups is 1. The molecule has 1 aromatic carbocycles. The third-order valence-electron chi connectivity index (χ3n) is 3.36. The van der Waals surface area contributed by atoms with Crippen molar-refractivity contribution in [3.8, 4) is 0 Å². The lowest BCUT2D eigenvalue weighted by atomic mass is 10.1. The Hall–Kier alpha value is -2.15. The minimum absolute atomic E-state index is 0.0139. The van der Waals surface area contributed by atoms with Crippen LogP contribution < -0.4 is 10.2 Å². The van der Waals surface area contributed by atoms with Crippen molar-refractivity contribution in [3.63, 3.8) is 0 Å². The van der Waals surface area contributed by atoms with Crippen molar-refractivity contribution in [2.24, 2.45) is 0 Å². The molecule has 1 amide bonds. The molecular formula is C13H17N3O4. The van der Waals surface area contributed by atoms with Crippen LogP contribution in [0.4, 0.5) is 11.4 Å². The van der Waals surface area contributed by atoms with Crippen molar-refractivity contribution in [1.82, 2.24) is 5.32 Å². The summed E-state index contributed by atoms with van der Waals surface area (Å²) in [5.74, 6) is -0.0954. The molecule has 7 nitrogen and oxygen atoms in total. The van der Waals surface area contributed by atoms with E-state index in [0.717, 1.165) is 6.42 Å². The maximum Gasteiger partial charge on any atom is 0.292 e. The lowest BCUT2D eigenvalue weighted by Crippen LogP contribution is -2.35. The van der Waals surface area contributed by atoms with Crippen molar-refractivity contribution in [2.75, 3.05) is 18.0 Å². The van der Waals surface area contributed by atoms with Gasteiger partial charge in [-0.25, -0.2) is 0 Å². The van der Waals surface area contributed by atoms with Crippen molar-refractivity contribution in [3.05, 3.63) is 33.9 Å². The number of carbonyl (C=O) groups excluding carboxylic acids is 1. The van der Waals surface area contributed by atoms with E-state index in [9.17, 15) is 14.9 Å². The molecule has 1 aliphatic heterocycles. The summed E-state index contributed by atoms with van der Waals surface area (Å²) in [6, 6.07) is 4.74. The number of rotatable bonds is 4. The number of nitrogens with zero attached hydrogens (tertiary/aromatic N) is 2. The van der Waals surface area contributed by atoms with Gasteiger partial charge in [-0.2, -0.15) is 0 Å². The number of anilines is 1. The van der Waals surface area contributed by atoms with Gasteiger partial charge in [-0.05, 0) is 18.1 Å². The number of nitrogens with one attached hydrogen (secondary N) is 1. The second kappa shape index (κ2) is 5.87. The molecule has 2 rings (SSSR count). The van der Waals surface area contributed by atoms with Gasteiger partial charge in [0, 0.05) is 32.1 Å². The highest BCUT2D eigenvalue weighted by Gasteiger charge is 2.28. The molecule has 1 aliphatic rings. The van der Waals surface area contributed by atoms with Crippen LogP contribution in [0.2, 0.25) is 0 Å². The summed E-state index contributed by atoms with van der Waals surface area (Å²) < 4.78 is 0. The third kappa shape index (κ3) is 3.05. The second-order valence-electron chi connectivity index (χ2n) is 4.87. The third-order valence-corrected chi connectivity index (χ3v) is 3.36. The molecule has 1 aromatic rings. The molecule has 1 heterocycles. The lowest BCUT2D eigenvalue weighted by molar-refractivity contribution is -0.384. The van der Waals surface area contributed by atoms with Crippen LogP contribution in [0, 0.1) is 10.1 Å². The van der Waals surface area contributed by atoms with Gasteiger partial charge in [0.05, 0.1) is 11.5 Å². The molecule has 1 fully saturated rings. The Bertz CT molecular complexity index is 532. The summed E-state index contributed by atoms with van der Waals surface area (Å²) in [4.78, 5) is 23.6. The van der Waals surface area contributed by atoms with E-state index in [2.05, 4.69) is 5.32 Å². The number of benzene rings is 1. The van der Waals surface area contributed by atoms with Crippen molar-refractivity contribution >= 4 is 17.3 Å². The van der Waals surface area contributed by atoms with Gasteiger partial charge in [-0.3, -0.25) is 14.9 Å². The Balaban J connectivity index is 2.21. The first-order chi connectivity index (χ1) is 9.51. The van der Waals surface area contributed by atoms with E-state index in [-0.39, 0.29) is 24.2 Å². The molecule has 0 aromatic heterocycles. The average molecular weight is 279 g/mol. The largest absolute Gasteiger partial charge is 0.392 e. The monoisotopic (exact) mass is 279 g/mol. The Kier molecular flexibility index (Phi) is 4.19. The normalized spacial score (nSPS) is 18.1. The molecule has 0 spiro atoms. The summed E-state index contributed by atoms with van der Waals surface area (Å²) in [6.45, 7) is 2.44. The molecule has 0 radical (unpaired) electrons. The topological polar surface area (TPSA) is 95.7 Å². The number of hydrogen-bond acceptors (Lipinski definition) is 5. The molecule has 1 saturated heterocycles. The van der Waals surface area contributed by atoms with Gasteiger partial charge in [-0.1, -0.05) is 6.07 Å². The van der Waals surface area contributed by atoms with E-state index in [4.69, 9.17) is 5.11 Å². The molecule has 7 heteroatoms. The number of hydrogen-bond donors (Lipinski definition) is 2. The number of carbonyl (C=O) groups is 1. The van der Waals surface area contributed by atoms with Crippen molar-refractivity contribution < 1.29 is 14.8 Å². The fourth-order valence-corrected chi connectivity index (χ4v) is 2.47. The summed E-state index contributed by atoms with van der Waals surface area (Å²) >= 11 is 0. The summed E-state index contributed by atoms with van der Waals surface area (Å²) in [5, 5.41) is 23.0. The zero-order valence-electron chi connectivity index (χ0n) is 11.2. The van der Waals surface area contributed by atoms with E-state index < -0.39 is 4.92 Å². The Morgan fingerprint density at radius 1 is 1.60 bits per heavy atom. The van der Waals surface area contributed by atoms with E-state index in [1.54, 1.807) is 12.1 Å². The van der Waals surface area contributed by atoms with Crippen LogP contribution in [-0.4, -0.2) is 35.1 Å². The van der Waals surface area contributed by atoms with Crippen molar-refractivity contribution in [2.45, 2.75) is 26.0 Å². The highest BCUT2D eigenvalue weighted by Crippen LogP contribution is 2.31. The average Bonchev–Trinajstić information content (AvgIpc) is 2.85.